The zero-order valence-corrected chi connectivity index (χ0v) is 14.1. The van der Waals surface area contributed by atoms with Gasteiger partial charge in [-0.1, -0.05) is 32.0 Å². The van der Waals surface area contributed by atoms with Crippen LogP contribution in [0.1, 0.15) is 24.4 Å². The summed E-state index contributed by atoms with van der Waals surface area (Å²) in [5, 5.41) is 1.14. The van der Waals surface area contributed by atoms with Crippen LogP contribution in [0.5, 0.6) is 0 Å². The molecule has 0 saturated carbocycles. The maximum atomic E-state index is 12.4. The number of fused-ring (bicyclic) bond motifs is 1. The highest BCUT2D eigenvalue weighted by Gasteiger charge is 2.34. The lowest BCUT2D eigenvalue weighted by molar-refractivity contribution is -0.140. The van der Waals surface area contributed by atoms with Crippen molar-refractivity contribution in [3.63, 3.8) is 0 Å². The molecular formula is C17H16F5NS. The van der Waals surface area contributed by atoms with Crippen molar-refractivity contribution in [3.8, 4) is 0 Å². The van der Waals surface area contributed by atoms with Crippen LogP contribution in [0, 0.1) is 18.6 Å². The SMILES string of the molecule is CC.Cc1nc2ccccc2s1.Fc1cccc(C(F)(F)F)c1F. The van der Waals surface area contributed by atoms with E-state index in [-0.39, 0.29) is 0 Å². The second kappa shape index (κ2) is 8.73. The van der Waals surface area contributed by atoms with E-state index in [1.165, 1.54) is 4.70 Å². The molecule has 3 aromatic rings. The summed E-state index contributed by atoms with van der Waals surface area (Å²) in [6, 6.07) is 10.1. The summed E-state index contributed by atoms with van der Waals surface area (Å²) >= 11 is 1.74. The monoisotopic (exact) mass is 361 g/mol. The fraction of sp³-hybridized carbons (Fsp3) is 0.235. The minimum atomic E-state index is -4.84. The number of alkyl halides is 3. The van der Waals surface area contributed by atoms with Crippen LogP contribution in [0.25, 0.3) is 10.2 Å². The number of nitrogens with zero attached hydrogens (tertiary/aromatic N) is 1. The van der Waals surface area contributed by atoms with Crippen LogP contribution < -0.4 is 0 Å². The molecule has 0 radical (unpaired) electrons. The van der Waals surface area contributed by atoms with Crippen molar-refractivity contribution in [2.75, 3.05) is 0 Å². The molecule has 0 unspecified atom stereocenters. The van der Waals surface area contributed by atoms with Gasteiger partial charge in [-0.25, -0.2) is 13.8 Å². The van der Waals surface area contributed by atoms with Crippen LogP contribution >= 0.6 is 11.3 Å². The molecule has 0 spiro atoms. The second-order valence-corrected chi connectivity index (χ2v) is 5.53. The highest BCUT2D eigenvalue weighted by atomic mass is 32.1. The van der Waals surface area contributed by atoms with Crippen LogP contribution in [-0.4, -0.2) is 4.98 Å². The fourth-order valence-electron chi connectivity index (χ4n) is 1.71. The van der Waals surface area contributed by atoms with E-state index in [0.717, 1.165) is 16.6 Å². The van der Waals surface area contributed by atoms with Crippen LogP contribution in [0.15, 0.2) is 42.5 Å². The molecular weight excluding hydrogens is 345 g/mol. The first-order valence-corrected chi connectivity index (χ1v) is 7.94. The minimum Gasteiger partial charge on any atom is -0.242 e. The summed E-state index contributed by atoms with van der Waals surface area (Å²) in [5.41, 5.74) is -0.465. The van der Waals surface area contributed by atoms with Crippen molar-refractivity contribution >= 4 is 21.6 Å². The third kappa shape index (κ3) is 5.26. The Bertz CT molecular complexity index is 747. The van der Waals surface area contributed by atoms with Gasteiger partial charge in [-0.2, -0.15) is 13.2 Å². The molecule has 0 aliphatic rings. The van der Waals surface area contributed by atoms with Gasteiger partial charge in [0, 0.05) is 0 Å². The molecule has 0 N–H and O–H groups in total. The summed E-state index contributed by atoms with van der Waals surface area (Å²) < 4.78 is 61.4. The van der Waals surface area contributed by atoms with Crippen LogP contribution in [0.3, 0.4) is 0 Å². The van der Waals surface area contributed by atoms with Crippen LogP contribution in [0.4, 0.5) is 22.0 Å². The van der Waals surface area contributed by atoms with Gasteiger partial charge in [0.15, 0.2) is 11.6 Å². The van der Waals surface area contributed by atoms with Crippen molar-refractivity contribution in [2.45, 2.75) is 26.9 Å². The van der Waals surface area contributed by atoms with Gasteiger partial charge < -0.3 is 0 Å². The summed E-state index contributed by atoms with van der Waals surface area (Å²) in [6.07, 6.45) is -4.84. The van der Waals surface area contributed by atoms with Crippen molar-refractivity contribution in [1.82, 2.24) is 4.98 Å². The minimum absolute atomic E-state index is 0.485. The normalized spacial score (nSPS) is 10.5. The predicted octanol–water partition coefficient (Wildman–Crippen LogP) is 6.61. The van der Waals surface area contributed by atoms with Gasteiger partial charge >= 0.3 is 6.18 Å². The number of aromatic nitrogens is 1. The Morgan fingerprint density at radius 1 is 0.917 bits per heavy atom. The molecule has 0 atom stereocenters. The van der Waals surface area contributed by atoms with E-state index in [1.54, 1.807) is 11.3 Å². The number of rotatable bonds is 0. The lowest BCUT2D eigenvalue weighted by Crippen LogP contribution is -2.08. The number of benzene rings is 2. The largest absolute Gasteiger partial charge is 0.419 e. The molecule has 24 heavy (non-hydrogen) atoms. The van der Waals surface area contributed by atoms with Gasteiger partial charge in [-0.3, -0.25) is 0 Å². The molecule has 7 heteroatoms. The Balaban J connectivity index is 0.000000220. The third-order valence-electron chi connectivity index (χ3n) is 2.66. The first-order valence-electron chi connectivity index (χ1n) is 7.12. The number of para-hydroxylation sites is 1. The maximum Gasteiger partial charge on any atom is 0.419 e. The van der Waals surface area contributed by atoms with Crippen molar-refractivity contribution in [3.05, 3.63) is 64.7 Å². The number of aryl methyl sites for hydroxylation is 1. The second-order valence-electron chi connectivity index (χ2n) is 4.30. The van der Waals surface area contributed by atoms with Crippen molar-refractivity contribution < 1.29 is 22.0 Å². The van der Waals surface area contributed by atoms with E-state index in [9.17, 15) is 22.0 Å². The fourth-order valence-corrected chi connectivity index (χ4v) is 2.54. The zero-order chi connectivity index (χ0) is 18.3. The summed E-state index contributed by atoms with van der Waals surface area (Å²) in [6.45, 7) is 6.03. The van der Waals surface area contributed by atoms with E-state index >= 15 is 0 Å². The predicted molar refractivity (Wildman–Crippen MR) is 87.1 cm³/mol. The Morgan fingerprint density at radius 2 is 1.54 bits per heavy atom. The van der Waals surface area contributed by atoms with Gasteiger partial charge in [-0.05, 0) is 31.2 Å². The summed E-state index contributed by atoms with van der Waals surface area (Å²) in [5.74, 6) is -3.35. The van der Waals surface area contributed by atoms with Gasteiger partial charge in [0.1, 0.15) is 0 Å². The third-order valence-corrected chi connectivity index (χ3v) is 3.61. The number of hydrogen-bond acceptors (Lipinski definition) is 2. The van der Waals surface area contributed by atoms with E-state index in [2.05, 4.69) is 11.1 Å². The Kier molecular flexibility index (Phi) is 7.28. The first kappa shape index (κ1) is 20.0. The van der Waals surface area contributed by atoms with E-state index < -0.39 is 23.4 Å². The van der Waals surface area contributed by atoms with Gasteiger partial charge in [0.05, 0.1) is 20.8 Å². The van der Waals surface area contributed by atoms with E-state index in [0.29, 0.717) is 12.1 Å². The molecule has 130 valence electrons. The van der Waals surface area contributed by atoms with E-state index in [1.807, 2.05) is 39.0 Å². The Labute approximate surface area is 140 Å². The molecule has 2 aromatic carbocycles. The number of thiazole rings is 1. The smallest absolute Gasteiger partial charge is 0.242 e. The molecule has 3 rings (SSSR count). The van der Waals surface area contributed by atoms with Gasteiger partial charge in [0.2, 0.25) is 0 Å². The summed E-state index contributed by atoms with van der Waals surface area (Å²) in [7, 11) is 0. The molecule has 0 aliphatic heterocycles. The average Bonchev–Trinajstić information content (AvgIpc) is 2.91. The quantitative estimate of drug-likeness (QED) is 0.410. The van der Waals surface area contributed by atoms with Crippen LogP contribution in [0.2, 0.25) is 0 Å². The molecule has 1 nitrogen and oxygen atoms in total. The Morgan fingerprint density at radius 3 is 2.08 bits per heavy atom. The molecule has 1 heterocycles. The highest BCUT2D eigenvalue weighted by molar-refractivity contribution is 7.18. The number of halogens is 5. The zero-order valence-electron chi connectivity index (χ0n) is 13.3. The highest BCUT2D eigenvalue weighted by Crippen LogP contribution is 2.31. The lowest BCUT2D eigenvalue weighted by Gasteiger charge is -2.06. The average molecular weight is 361 g/mol. The molecule has 0 fully saturated rings. The standard InChI is InChI=1S/C8H7NS.C7H3F5.C2H6/c1-6-9-7-4-2-3-5-8(7)10-6;8-5-3-1-2-4(6(5)9)7(10,11)12;1-2/h2-5H,1H3;1-3H;1-2H3. The molecule has 1 aromatic heterocycles. The maximum absolute atomic E-state index is 12.4. The van der Waals surface area contributed by atoms with Gasteiger partial charge in [-0.15, -0.1) is 11.3 Å². The van der Waals surface area contributed by atoms with Gasteiger partial charge in [0.25, 0.3) is 0 Å². The number of hydrogen-bond donors (Lipinski definition) is 0. The molecule has 0 amide bonds. The van der Waals surface area contributed by atoms with Crippen molar-refractivity contribution in [1.29, 1.82) is 0 Å². The van der Waals surface area contributed by atoms with E-state index in [4.69, 9.17) is 0 Å². The van der Waals surface area contributed by atoms with Crippen LogP contribution in [-0.2, 0) is 6.18 Å². The summed E-state index contributed by atoms with van der Waals surface area (Å²) in [4.78, 5) is 4.33. The molecule has 0 saturated heterocycles. The first-order chi connectivity index (χ1) is 11.3. The molecule has 0 bridgehead atoms. The topological polar surface area (TPSA) is 12.9 Å². The Hall–Kier alpha value is -2.02. The lowest BCUT2D eigenvalue weighted by atomic mass is 10.2. The van der Waals surface area contributed by atoms with Crippen molar-refractivity contribution in [2.24, 2.45) is 0 Å². The molecule has 0 aliphatic carbocycles.